The number of rotatable bonds is 4. The van der Waals surface area contributed by atoms with E-state index in [1.807, 2.05) is 18.2 Å². The van der Waals surface area contributed by atoms with E-state index in [9.17, 15) is 13.6 Å². The van der Waals surface area contributed by atoms with E-state index in [4.69, 9.17) is 0 Å². The Balaban J connectivity index is 2.46. The third-order valence-corrected chi connectivity index (χ3v) is 3.45. The quantitative estimate of drug-likeness (QED) is 0.629. The maximum atomic E-state index is 12.6. The molecule has 0 atom stereocenters. The highest BCUT2D eigenvalue weighted by atomic mass is 32.2. The minimum absolute atomic E-state index is 0.0815. The maximum absolute atomic E-state index is 12.6. The van der Waals surface area contributed by atoms with Crippen molar-refractivity contribution in [2.24, 2.45) is 0 Å². The summed E-state index contributed by atoms with van der Waals surface area (Å²) in [6.07, 6.45) is 0.0815. The lowest BCUT2D eigenvalue weighted by atomic mass is 10.1. The van der Waals surface area contributed by atoms with Gasteiger partial charge in [0.15, 0.2) is 0 Å². The van der Waals surface area contributed by atoms with Crippen molar-refractivity contribution in [2.75, 3.05) is 7.11 Å². The van der Waals surface area contributed by atoms with Crippen LogP contribution in [0.4, 0.5) is 8.78 Å². The first-order valence-corrected chi connectivity index (χ1v) is 6.51. The molecule has 0 saturated heterocycles. The van der Waals surface area contributed by atoms with Gasteiger partial charge in [-0.05, 0) is 22.4 Å². The lowest BCUT2D eigenvalue weighted by Gasteiger charge is -2.09. The van der Waals surface area contributed by atoms with Crippen LogP contribution < -0.4 is 0 Å². The summed E-state index contributed by atoms with van der Waals surface area (Å²) in [5, 5.41) is 1.61. The Hall–Kier alpha value is -1.62. The summed E-state index contributed by atoms with van der Waals surface area (Å²) < 4.78 is 29.8. The van der Waals surface area contributed by atoms with Gasteiger partial charge in [0.1, 0.15) is 0 Å². The molecule has 0 heterocycles. The van der Waals surface area contributed by atoms with E-state index in [-0.39, 0.29) is 12.4 Å². The van der Waals surface area contributed by atoms with Crippen LogP contribution in [0.25, 0.3) is 10.8 Å². The van der Waals surface area contributed by atoms with Gasteiger partial charge in [0, 0.05) is 4.90 Å². The predicted octanol–water partition coefficient (Wildman–Crippen LogP) is 3.87. The second kappa shape index (κ2) is 6.02. The Bertz CT molecular complexity index is 599. The Kier molecular flexibility index (Phi) is 4.37. The Morgan fingerprint density at radius 3 is 2.74 bits per heavy atom. The second-order valence-electron chi connectivity index (χ2n) is 3.95. The number of thioether (sulfide) groups is 1. The fraction of sp³-hybridized carbons (Fsp3) is 0.214. The minimum Gasteiger partial charge on any atom is -0.469 e. The van der Waals surface area contributed by atoms with Crippen LogP contribution in [0.5, 0.6) is 0 Å². The molecular weight excluding hydrogens is 270 g/mol. The average Bonchev–Trinajstić information content (AvgIpc) is 2.38. The van der Waals surface area contributed by atoms with Crippen LogP contribution in [0.15, 0.2) is 41.3 Å². The van der Waals surface area contributed by atoms with Crippen molar-refractivity contribution >= 4 is 28.5 Å². The topological polar surface area (TPSA) is 26.3 Å². The zero-order chi connectivity index (χ0) is 13.8. The maximum Gasteiger partial charge on any atom is 0.309 e. The molecule has 0 radical (unpaired) electrons. The van der Waals surface area contributed by atoms with Crippen molar-refractivity contribution in [3.05, 3.63) is 42.0 Å². The molecule has 0 bridgehead atoms. The number of hydrogen-bond acceptors (Lipinski definition) is 3. The molecule has 0 unspecified atom stereocenters. The first-order chi connectivity index (χ1) is 9.10. The second-order valence-corrected chi connectivity index (χ2v) is 4.98. The standard InChI is InChI=1S/C14H12F2O2S/c1-18-13(17)8-9-6-10-4-2-3-5-11(10)12(7-9)19-14(15)16/h2-7,14H,8H2,1H3. The molecule has 0 N–H and O–H groups in total. The summed E-state index contributed by atoms with van der Waals surface area (Å²) in [7, 11) is 1.30. The average molecular weight is 282 g/mol. The Morgan fingerprint density at radius 1 is 1.32 bits per heavy atom. The fourth-order valence-corrected chi connectivity index (χ4v) is 2.59. The zero-order valence-corrected chi connectivity index (χ0v) is 11.0. The van der Waals surface area contributed by atoms with Gasteiger partial charge in [-0.2, -0.15) is 8.78 Å². The van der Waals surface area contributed by atoms with E-state index < -0.39 is 5.76 Å². The monoisotopic (exact) mass is 282 g/mol. The van der Waals surface area contributed by atoms with E-state index in [0.717, 1.165) is 10.8 Å². The van der Waals surface area contributed by atoms with E-state index in [2.05, 4.69) is 4.74 Å². The molecule has 0 amide bonds. The number of esters is 1. The smallest absolute Gasteiger partial charge is 0.309 e. The van der Waals surface area contributed by atoms with E-state index in [0.29, 0.717) is 22.2 Å². The van der Waals surface area contributed by atoms with Crippen LogP contribution in [0.3, 0.4) is 0 Å². The van der Waals surface area contributed by atoms with Crippen LogP contribution >= 0.6 is 11.8 Å². The molecule has 2 nitrogen and oxygen atoms in total. The highest BCUT2D eigenvalue weighted by molar-refractivity contribution is 7.99. The normalized spacial score (nSPS) is 10.9. The molecule has 2 aromatic rings. The molecule has 0 aliphatic carbocycles. The number of carbonyl (C=O) groups is 1. The summed E-state index contributed by atoms with van der Waals surface area (Å²) in [5.41, 5.74) is 0.675. The van der Waals surface area contributed by atoms with Crippen molar-refractivity contribution in [1.82, 2.24) is 0 Å². The number of methoxy groups -OCH3 is 1. The van der Waals surface area contributed by atoms with Gasteiger partial charge < -0.3 is 4.74 Å². The SMILES string of the molecule is COC(=O)Cc1cc(SC(F)F)c2ccccc2c1. The molecule has 5 heteroatoms. The lowest BCUT2D eigenvalue weighted by molar-refractivity contribution is -0.139. The zero-order valence-electron chi connectivity index (χ0n) is 10.2. The Labute approximate surface area is 113 Å². The van der Waals surface area contributed by atoms with Gasteiger partial charge in [-0.15, -0.1) is 0 Å². The highest BCUT2D eigenvalue weighted by Gasteiger charge is 2.12. The first kappa shape index (κ1) is 13.8. The summed E-state index contributed by atoms with van der Waals surface area (Å²) in [6.45, 7) is 0. The van der Waals surface area contributed by atoms with Gasteiger partial charge in [-0.25, -0.2) is 0 Å². The number of fused-ring (bicyclic) bond motifs is 1. The van der Waals surface area contributed by atoms with Crippen molar-refractivity contribution in [3.63, 3.8) is 0 Å². The first-order valence-electron chi connectivity index (χ1n) is 5.63. The molecule has 0 saturated carbocycles. The number of hydrogen-bond donors (Lipinski definition) is 0. The third-order valence-electron chi connectivity index (χ3n) is 2.68. The van der Waals surface area contributed by atoms with Gasteiger partial charge in [0.25, 0.3) is 5.76 Å². The van der Waals surface area contributed by atoms with Crippen molar-refractivity contribution in [3.8, 4) is 0 Å². The summed E-state index contributed by atoms with van der Waals surface area (Å²) in [5.74, 6) is -2.87. The molecule has 0 aromatic heterocycles. The molecule has 19 heavy (non-hydrogen) atoms. The summed E-state index contributed by atoms with van der Waals surface area (Å²) in [6, 6.07) is 10.7. The molecular formula is C14H12F2O2S. The van der Waals surface area contributed by atoms with Crippen LogP contribution in [0.1, 0.15) is 5.56 Å². The van der Waals surface area contributed by atoms with Gasteiger partial charge in [-0.3, -0.25) is 4.79 Å². The molecule has 2 aromatic carbocycles. The highest BCUT2D eigenvalue weighted by Crippen LogP contribution is 2.33. The van der Waals surface area contributed by atoms with Crippen LogP contribution in [0.2, 0.25) is 0 Å². The van der Waals surface area contributed by atoms with Crippen molar-refractivity contribution in [1.29, 1.82) is 0 Å². The third kappa shape index (κ3) is 3.44. The Morgan fingerprint density at radius 2 is 2.05 bits per heavy atom. The number of alkyl halides is 2. The predicted molar refractivity (Wildman–Crippen MR) is 71.5 cm³/mol. The van der Waals surface area contributed by atoms with Crippen molar-refractivity contribution in [2.45, 2.75) is 17.1 Å². The molecule has 0 aliphatic heterocycles. The van der Waals surface area contributed by atoms with Gasteiger partial charge in [-0.1, -0.05) is 42.1 Å². The summed E-state index contributed by atoms with van der Waals surface area (Å²) in [4.78, 5) is 11.8. The van der Waals surface area contributed by atoms with Crippen LogP contribution in [-0.2, 0) is 16.0 Å². The number of halogens is 2. The van der Waals surface area contributed by atoms with Crippen LogP contribution in [0, 0.1) is 0 Å². The van der Waals surface area contributed by atoms with Gasteiger partial charge >= 0.3 is 5.97 Å². The van der Waals surface area contributed by atoms with Crippen molar-refractivity contribution < 1.29 is 18.3 Å². The molecule has 0 fully saturated rings. The number of benzene rings is 2. The number of ether oxygens (including phenoxy) is 1. The number of carbonyl (C=O) groups excluding carboxylic acids is 1. The summed E-state index contributed by atoms with van der Waals surface area (Å²) >= 11 is 0.491. The van der Waals surface area contributed by atoms with Gasteiger partial charge in [0.2, 0.25) is 0 Å². The van der Waals surface area contributed by atoms with Gasteiger partial charge in [0.05, 0.1) is 13.5 Å². The lowest BCUT2D eigenvalue weighted by Crippen LogP contribution is -2.04. The van der Waals surface area contributed by atoms with E-state index in [1.165, 1.54) is 7.11 Å². The minimum atomic E-state index is -2.49. The van der Waals surface area contributed by atoms with E-state index >= 15 is 0 Å². The molecule has 0 spiro atoms. The van der Waals surface area contributed by atoms with Crippen LogP contribution in [-0.4, -0.2) is 18.8 Å². The fourth-order valence-electron chi connectivity index (χ4n) is 1.87. The molecule has 100 valence electrons. The van der Waals surface area contributed by atoms with E-state index in [1.54, 1.807) is 18.2 Å². The molecule has 0 aliphatic rings. The largest absolute Gasteiger partial charge is 0.469 e. The molecule has 2 rings (SSSR count).